The first kappa shape index (κ1) is 25.4. The van der Waals surface area contributed by atoms with Gasteiger partial charge in [0.25, 0.3) is 5.56 Å². The zero-order valence-corrected chi connectivity index (χ0v) is 22.4. The van der Waals surface area contributed by atoms with Gasteiger partial charge in [0.05, 0.1) is 18.7 Å². The molecule has 1 N–H and O–H groups in total. The third-order valence-electron chi connectivity index (χ3n) is 7.27. The molecule has 1 fully saturated rings. The highest BCUT2D eigenvalue weighted by Crippen LogP contribution is 2.31. The number of halogens is 1. The molecule has 3 heterocycles. The standard InChI is InChI=1S/C27H32ClN7O2/c1-17-5-6-19(3)24-21(17)16-22(27(36)29-24)25(26-30-31-32-35(26)13-14-37-4)34-11-9-33(10-12-34)23-15-20(28)8-7-18(23)2/h5-8,15-16,25H,9-14H2,1-4H3,(H,29,36). The van der Waals surface area contributed by atoms with E-state index in [0.717, 1.165) is 58.9 Å². The summed E-state index contributed by atoms with van der Waals surface area (Å²) < 4.78 is 7.02. The number of nitrogens with zero attached hydrogens (tertiary/aromatic N) is 6. The number of aromatic nitrogens is 5. The van der Waals surface area contributed by atoms with Crippen molar-refractivity contribution in [1.29, 1.82) is 0 Å². The van der Waals surface area contributed by atoms with E-state index in [1.165, 1.54) is 5.56 Å². The fourth-order valence-corrected chi connectivity index (χ4v) is 5.35. The Morgan fingerprint density at radius 2 is 1.76 bits per heavy atom. The van der Waals surface area contributed by atoms with Crippen molar-refractivity contribution in [3.63, 3.8) is 0 Å². The van der Waals surface area contributed by atoms with Crippen LogP contribution in [-0.2, 0) is 11.3 Å². The fourth-order valence-electron chi connectivity index (χ4n) is 5.18. The van der Waals surface area contributed by atoms with Crippen molar-refractivity contribution in [2.24, 2.45) is 0 Å². The molecule has 0 spiro atoms. The Kier molecular flexibility index (Phi) is 7.28. The molecule has 1 unspecified atom stereocenters. The van der Waals surface area contributed by atoms with Gasteiger partial charge in [0.2, 0.25) is 0 Å². The van der Waals surface area contributed by atoms with Gasteiger partial charge >= 0.3 is 0 Å². The van der Waals surface area contributed by atoms with E-state index >= 15 is 0 Å². The van der Waals surface area contributed by atoms with E-state index in [4.69, 9.17) is 16.3 Å². The summed E-state index contributed by atoms with van der Waals surface area (Å²) in [5.74, 6) is 0.639. The number of hydrogen-bond donors (Lipinski definition) is 1. The molecule has 0 aliphatic carbocycles. The van der Waals surface area contributed by atoms with Crippen LogP contribution in [0.4, 0.5) is 5.69 Å². The molecular formula is C27H32ClN7O2. The van der Waals surface area contributed by atoms with Crippen molar-refractivity contribution in [2.45, 2.75) is 33.4 Å². The summed E-state index contributed by atoms with van der Waals surface area (Å²) in [6.45, 7) is 10.2. The average Bonchev–Trinajstić information content (AvgIpc) is 3.36. The van der Waals surface area contributed by atoms with Crippen LogP contribution in [0.15, 0.2) is 41.2 Å². The molecule has 9 nitrogen and oxygen atoms in total. The number of hydrogen-bond acceptors (Lipinski definition) is 7. The minimum atomic E-state index is -0.400. The van der Waals surface area contributed by atoms with E-state index in [1.54, 1.807) is 11.8 Å². The highest BCUT2D eigenvalue weighted by molar-refractivity contribution is 6.30. The first-order chi connectivity index (χ1) is 17.9. The van der Waals surface area contributed by atoms with Crippen LogP contribution >= 0.6 is 11.6 Å². The largest absolute Gasteiger partial charge is 0.383 e. The van der Waals surface area contributed by atoms with Gasteiger partial charge in [-0.2, -0.15) is 0 Å². The molecule has 5 rings (SSSR count). The van der Waals surface area contributed by atoms with Gasteiger partial charge in [-0.15, -0.1) is 5.10 Å². The molecule has 1 atom stereocenters. The first-order valence-corrected chi connectivity index (χ1v) is 12.9. The molecule has 4 aromatic rings. The number of aromatic amines is 1. The van der Waals surface area contributed by atoms with Gasteiger partial charge in [0, 0.05) is 54.9 Å². The lowest BCUT2D eigenvalue weighted by molar-refractivity contribution is 0.171. The van der Waals surface area contributed by atoms with Crippen molar-refractivity contribution >= 4 is 28.2 Å². The topological polar surface area (TPSA) is 92.2 Å². The maximum Gasteiger partial charge on any atom is 0.253 e. The zero-order chi connectivity index (χ0) is 26.1. The van der Waals surface area contributed by atoms with Gasteiger partial charge in [-0.1, -0.05) is 29.8 Å². The van der Waals surface area contributed by atoms with Crippen LogP contribution in [0.3, 0.4) is 0 Å². The zero-order valence-electron chi connectivity index (χ0n) is 21.7. The first-order valence-electron chi connectivity index (χ1n) is 12.5. The van der Waals surface area contributed by atoms with Crippen LogP contribution in [0.25, 0.3) is 10.9 Å². The van der Waals surface area contributed by atoms with Crippen LogP contribution in [0.2, 0.25) is 5.02 Å². The number of rotatable bonds is 7. The normalized spacial score (nSPS) is 15.4. The van der Waals surface area contributed by atoms with E-state index < -0.39 is 6.04 Å². The number of methoxy groups -OCH3 is 1. The number of pyridine rings is 1. The Balaban J connectivity index is 1.55. The summed E-state index contributed by atoms with van der Waals surface area (Å²) in [5, 5.41) is 14.3. The molecule has 0 saturated carbocycles. The summed E-state index contributed by atoms with van der Waals surface area (Å²) in [6, 6.07) is 11.7. The quantitative estimate of drug-likeness (QED) is 0.397. The van der Waals surface area contributed by atoms with Crippen LogP contribution in [0, 0.1) is 20.8 Å². The van der Waals surface area contributed by atoms with Crippen LogP contribution in [0.5, 0.6) is 0 Å². The van der Waals surface area contributed by atoms with E-state index in [9.17, 15) is 4.79 Å². The fraction of sp³-hybridized carbons (Fsp3) is 0.407. The Bertz CT molecular complexity index is 1470. The molecule has 2 aromatic carbocycles. The van der Waals surface area contributed by atoms with Gasteiger partial charge in [-0.25, -0.2) is 4.68 Å². The van der Waals surface area contributed by atoms with Crippen LogP contribution < -0.4 is 10.5 Å². The molecule has 37 heavy (non-hydrogen) atoms. The van der Waals surface area contributed by atoms with Crippen LogP contribution in [0.1, 0.15) is 34.1 Å². The van der Waals surface area contributed by atoms with Crippen molar-refractivity contribution in [2.75, 3.05) is 44.8 Å². The number of tetrazole rings is 1. The highest BCUT2D eigenvalue weighted by atomic mass is 35.5. The Labute approximate surface area is 221 Å². The molecule has 0 radical (unpaired) electrons. The molecule has 194 valence electrons. The number of benzene rings is 2. The second-order valence-electron chi connectivity index (χ2n) is 9.65. The van der Waals surface area contributed by atoms with Gasteiger partial charge in [0.15, 0.2) is 5.82 Å². The highest BCUT2D eigenvalue weighted by Gasteiger charge is 2.33. The number of H-pyrrole nitrogens is 1. The monoisotopic (exact) mass is 521 g/mol. The van der Waals surface area contributed by atoms with Gasteiger partial charge in [0.1, 0.15) is 6.04 Å². The Hall–Kier alpha value is -3.27. The second kappa shape index (κ2) is 10.6. The molecule has 1 aliphatic rings. The predicted octanol–water partition coefficient (Wildman–Crippen LogP) is 3.65. The molecule has 2 aromatic heterocycles. The summed E-state index contributed by atoms with van der Waals surface area (Å²) in [5.41, 5.74) is 5.86. The van der Waals surface area contributed by atoms with Crippen molar-refractivity contribution in [3.05, 3.63) is 79.9 Å². The maximum absolute atomic E-state index is 13.6. The lowest BCUT2D eigenvalue weighted by Crippen LogP contribution is -2.49. The van der Waals surface area contributed by atoms with E-state index in [0.29, 0.717) is 24.5 Å². The molecule has 1 aliphatic heterocycles. The van der Waals surface area contributed by atoms with Gasteiger partial charge in [-0.05, 0) is 66.1 Å². The average molecular weight is 522 g/mol. The number of fused-ring (bicyclic) bond motifs is 1. The number of nitrogens with one attached hydrogen (secondary N) is 1. The summed E-state index contributed by atoms with van der Waals surface area (Å²) in [6.07, 6.45) is 0. The number of aryl methyl sites for hydroxylation is 3. The number of ether oxygens (including phenoxy) is 1. The minimum Gasteiger partial charge on any atom is -0.383 e. The van der Waals surface area contributed by atoms with Gasteiger partial charge < -0.3 is 14.6 Å². The second-order valence-corrected chi connectivity index (χ2v) is 10.1. The summed E-state index contributed by atoms with van der Waals surface area (Å²) in [7, 11) is 1.65. The SMILES string of the molecule is COCCn1nnnc1C(c1cc2c(C)ccc(C)c2[nH]c1=O)N1CCN(c2cc(Cl)ccc2C)CC1. The molecule has 1 saturated heterocycles. The smallest absolute Gasteiger partial charge is 0.253 e. The van der Waals surface area contributed by atoms with Gasteiger partial charge in [-0.3, -0.25) is 9.69 Å². The Morgan fingerprint density at radius 3 is 2.51 bits per heavy atom. The minimum absolute atomic E-state index is 0.124. The predicted molar refractivity (Wildman–Crippen MR) is 146 cm³/mol. The summed E-state index contributed by atoms with van der Waals surface area (Å²) in [4.78, 5) is 21.4. The third-order valence-corrected chi connectivity index (χ3v) is 7.50. The van der Waals surface area contributed by atoms with Crippen LogP contribution in [-0.4, -0.2) is 70.0 Å². The third kappa shape index (κ3) is 4.99. The lowest BCUT2D eigenvalue weighted by Gasteiger charge is -2.40. The lowest BCUT2D eigenvalue weighted by atomic mass is 9.99. The van der Waals surface area contributed by atoms with E-state index in [-0.39, 0.29) is 5.56 Å². The van der Waals surface area contributed by atoms with Crippen molar-refractivity contribution in [1.82, 2.24) is 30.1 Å². The number of piperazine rings is 1. The molecule has 10 heteroatoms. The molecule has 0 bridgehead atoms. The van der Waals surface area contributed by atoms with E-state index in [1.807, 2.05) is 31.2 Å². The summed E-state index contributed by atoms with van der Waals surface area (Å²) >= 11 is 6.30. The molecular weight excluding hydrogens is 490 g/mol. The number of anilines is 1. The Morgan fingerprint density at radius 1 is 1.03 bits per heavy atom. The van der Waals surface area contributed by atoms with Crippen molar-refractivity contribution in [3.8, 4) is 0 Å². The van der Waals surface area contributed by atoms with E-state index in [2.05, 4.69) is 56.3 Å². The van der Waals surface area contributed by atoms with Crippen molar-refractivity contribution < 1.29 is 4.74 Å². The molecule has 0 amide bonds. The maximum atomic E-state index is 13.6.